The fourth-order valence-electron chi connectivity index (χ4n) is 3.24. The molecule has 2 N–H and O–H groups in total. The van der Waals surface area contributed by atoms with Gasteiger partial charge in [-0.15, -0.1) is 0 Å². The molecule has 1 aliphatic rings. The Bertz CT molecular complexity index is 876. The highest BCUT2D eigenvalue weighted by Crippen LogP contribution is 2.25. The molecule has 1 aromatic carbocycles. The second-order valence-electron chi connectivity index (χ2n) is 6.49. The molecule has 3 heterocycles. The molecule has 1 fully saturated rings. The lowest BCUT2D eigenvalue weighted by Crippen LogP contribution is -2.40. The van der Waals surface area contributed by atoms with Gasteiger partial charge >= 0.3 is 0 Å². The van der Waals surface area contributed by atoms with Gasteiger partial charge in [0.05, 0.1) is 16.7 Å². The van der Waals surface area contributed by atoms with Crippen molar-refractivity contribution in [2.45, 2.75) is 25.8 Å². The first-order chi connectivity index (χ1) is 11.6. The largest absolute Gasteiger partial charge is 0.341 e. The Morgan fingerprint density at radius 2 is 1.92 bits per heavy atom. The third-order valence-electron chi connectivity index (χ3n) is 4.87. The topological polar surface area (TPSA) is 72.9 Å². The molecule has 0 bridgehead atoms. The van der Waals surface area contributed by atoms with Crippen LogP contribution in [0.15, 0.2) is 30.5 Å². The summed E-state index contributed by atoms with van der Waals surface area (Å²) in [6, 6.07) is 8.56. The number of benzene rings is 1. The van der Waals surface area contributed by atoms with E-state index in [-0.39, 0.29) is 0 Å². The third-order valence-corrected chi connectivity index (χ3v) is 4.87. The summed E-state index contributed by atoms with van der Waals surface area (Å²) in [5, 5.41) is 0. The molecule has 0 unspecified atom stereocenters. The highest BCUT2D eigenvalue weighted by molar-refractivity contribution is 5.81. The van der Waals surface area contributed by atoms with Gasteiger partial charge in [0.2, 0.25) is 5.95 Å². The van der Waals surface area contributed by atoms with Gasteiger partial charge in [-0.05, 0) is 38.0 Å². The van der Waals surface area contributed by atoms with Crippen LogP contribution in [-0.2, 0) is 7.05 Å². The summed E-state index contributed by atoms with van der Waals surface area (Å²) in [6.07, 6.45) is 3.82. The van der Waals surface area contributed by atoms with Crippen molar-refractivity contribution in [1.82, 2.24) is 19.5 Å². The second kappa shape index (κ2) is 5.87. The first-order valence-electron chi connectivity index (χ1n) is 8.39. The standard InChI is InChI=1S/C18H22N6/c1-12-21-16-11-13(3-4-17(16)23(12)2)15-5-8-20-18(22-15)24-9-6-14(19)7-10-24/h3-5,8,11,14H,6-7,9-10,19H2,1-2H3. The van der Waals surface area contributed by atoms with Crippen molar-refractivity contribution in [3.8, 4) is 11.3 Å². The van der Waals surface area contributed by atoms with Gasteiger partial charge in [0.1, 0.15) is 5.82 Å². The van der Waals surface area contributed by atoms with E-state index < -0.39 is 0 Å². The number of fused-ring (bicyclic) bond motifs is 1. The summed E-state index contributed by atoms with van der Waals surface area (Å²) >= 11 is 0. The number of piperidine rings is 1. The Morgan fingerprint density at radius 3 is 2.71 bits per heavy atom. The van der Waals surface area contributed by atoms with E-state index in [0.717, 1.165) is 60.0 Å². The normalized spacial score (nSPS) is 16.0. The van der Waals surface area contributed by atoms with E-state index in [1.54, 1.807) is 0 Å². The summed E-state index contributed by atoms with van der Waals surface area (Å²) in [7, 11) is 2.04. The summed E-state index contributed by atoms with van der Waals surface area (Å²) < 4.78 is 2.10. The molecule has 0 amide bonds. The Labute approximate surface area is 141 Å². The number of hydrogen-bond acceptors (Lipinski definition) is 5. The fraction of sp³-hybridized carbons (Fsp3) is 0.389. The quantitative estimate of drug-likeness (QED) is 0.783. The van der Waals surface area contributed by atoms with E-state index in [0.29, 0.717) is 6.04 Å². The van der Waals surface area contributed by atoms with Crippen molar-refractivity contribution >= 4 is 17.0 Å². The minimum Gasteiger partial charge on any atom is -0.341 e. The first kappa shape index (κ1) is 15.1. The minimum absolute atomic E-state index is 0.305. The number of anilines is 1. The third kappa shape index (κ3) is 2.63. The Morgan fingerprint density at radius 1 is 1.12 bits per heavy atom. The molecule has 24 heavy (non-hydrogen) atoms. The molecule has 1 saturated heterocycles. The monoisotopic (exact) mass is 322 g/mol. The van der Waals surface area contributed by atoms with Gasteiger partial charge in [-0.3, -0.25) is 0 Å². The van der Waals surface area contributed by atoms with Crippen molar-refractivity contribution in [1.29, 1.82) is 0 Å². The zero-order valence-electron chi connectivity index (χ0n) is 14.1. The van der Waals surface area contributed by atoms with Crippen LogP contribution in [0.3, 0.4) is 0 Å². The number of nitrogens with two attached hydrogens (primary N) is 1. The summed E-state index contributed by atoms with van der Waals surface area (Å²) in [6.45, 7) is 3.86. The van der Waals surface area contributed by atoms with Gasteiger partial charge in [0, 0.05) is 37.9 Å². The van der Waals surface area contributed by atoms with Crippen LogP contribution < -0.4 is 10.6 Å². The smallest absolute Gasteiger partial charge is 0.225 e. The molecule has 1 aliphatic heterocycles. The van der Waals surface area contributed by atoms with Gasteiger partial charge in [-0.1, -0.05) is 6.07 Å². The molecule has 6 nitrogen and oxygen atoms in total. The van der Waals surface area contributed by atoms with E-state index in [2.05, 4.69) is 37.6 Å². The van der Waals surface area contributed by atoms with Crippen LogP contribution in [0, 0.1) is 6.92 Å². The van der Waals surface area contributed by atoms with Crippen molar-refractivity contribution in [2.24, 2.45) is 12.8 Å². The Hall–Kier alpha value is -2.47. The highest BCUT2D eigenvalue weighted by Gasteiger charge is 2.18. The van der Waals surface area contributed by atoms with Crippen LogP contribution in [-0.4, -0.2) is 38.7 Å². The number of aryl methyl sites for hydroxylation is 2. The fourth-order valence-corrected chi connectivity index (χ4v) is 3.24. The molecule has 6 heteroatoms. The van der Waals surface area contributed by atoms with Crippen molar-refractivity contribution in [2.75, 3.05) is 18.0 Å². The molecule has 4 rings (SSSR count). The molecule has 0 atom stereocenters. The van der Waals surface area contributed by atoms with E-state index in [1.807, 2.05) is 26.2 Å². The van der Waals surface area contributed by atoms with Gasteiger partial charge in [0.15, 0.2) is 0 Å². The van der Waals surface area contributed by atoms with Crippen molar-refractivity contribution in [3.63, 3.8) is 0 Å². The predicted molar refractivity (Wildman–Crippen MR) is 95.9 cm³/mol. The average Bonchev–Trinajstić information content (AvgIpc) is 2.89. The van der Waals surface area contributed by atoms with E-state index in [9.17, 15) is 0 Å². The van der Waals surface area contributed by atoms with Crippen LogP contribution in [0.1, 0.15) is 18.7 Å². The Balaban J connectivity index is 1.68. The summed E-state index contributed by atoms with van der Waals surface area (Å²) in [5.41, 5.74) is 10.1. The number of aromatic nitrogens is 4. The van der Waals surface area contributed by atoms with Gasteiger partial charge in [-0.25, -0.2) is 15.0 Å². The lowest BCUT2D eigenvalue weighted by atomic mass is 10.1. The highest BCUT2D eigenvalue weighted by atomic mass is 15.3. The number of nitrogens with zero attached hydrogens (tertiary/aromatic N) is 5. The molecule has 124 valence electrons. The average molecular weight is 322 g/mol. The molecule has 0 spiro atoms. The lowest BCUT2D eigenvalue weighted by Gasteiger charge is -2.30. The zero-order valence-corrected chi connectivity index (χ0v) is 14.1. The Kier molecular flexibility index (Phi) is 3.69. The van der Waals surface area contributed by atoms with Crippen LogP contribution in [0.5, 0.6) is 0 Å². The summed E-state index contributed by atoms with van der Waals surface area (Å²) in [4.78, 5) is 16.0. The van der Waals surface area contributed by atoms with Crippen LogP contribution in [0.2, 0.25) is 0 Å². The molecular formula is C18H22N6. The first-order valence-corrected chi connectivity index (χ1v) is 8.39. The number of hydrogen-bond donors (Lipinski definition) is 1. The predicted octanol–water partition coefficient (Wildman–Crippen LogP) is 2.27. The molecule has 0 aliphatic carbocycles. The van der Waals surface area contributed by atoms with Crippen molar-refractivity contribution in [3.05, 3.63) is 36.3 Å². The van der Waals surface area contributed by atoms with Gasteiger partial charge in [-0.2, -0.15) is 0 Å². The maximum atomic E-state index is 5.99. The minimum atomic E-state index is 0.305. The molecule has 2 aromatic heterocycles. The number of imidazole rings is 1. The lowest BCUT2D eigenvalue weighted by molar-refractivity contribution is 0.495. The maximum Gasteiger partial charge on any atom is 0.225 e. The SMILES string of the molecule is Cc1nc2cc(-c3ccnc(N4CCC(N)CC4)n3)ccc2n1C. The van der Waals surface area contributed by atoms with Crippen LogP contribution in [0.25, 0.3) is 22.3 Å². The van der Waals surface area contributed by atoms with Crippen LogP contribution in [0.4, 0.5) is 5.95 Å². The van der Waals surface area contributed by atoms with E-state index >= 15 is 0 Å². The molecule has 0 saturated carbocycles. The molecular weight excluding hydrogens is 300 g/mol. The summed E-state index contributed by atoms with van der Waals surface area (Å²) in [5.74, 6) is 1.80. The van der Waals surface area contributed by atoms with Gasteiger partial charge < -0.3 is 15.2 Å². The van der Waals surface area contributed by atoms with Crippen LogP contribution >= 0.6 is 0 Å². The van der Waals surface area contributed by atoms with E-state index in [4.69, 9.17) is 10.7 Å². The zero-order chi connectivity index (χ0) is 16.7. The molecule has 3 aromatic rings. The number of rotatable bonds is 2. The van der Waals surface area contributed by atoms with Crippen molar-refractivity contribution < 1.29 is 0 Å². The second-order valence-corrected chi connectivity index (χ2v) is 6.49. The van der Waals surface area contributed by atoms with Gasteiger partial charge in [0.25, 0.3) is 0 Å². The maximum absolute atomic E-state index is 5.99. The van der Waals surface area contributed by atoms with E-state index in [1.165, 1.54) is 0 Å². The molecule has 0 radical (unpaired) electrons.